The van der Waals surface area contributed by atoms with Gasteiger partial charge < -0.3 is 15.8 Å². The van der Waals surface area contributed by atoms with Crippen molar-refractivity contribution in [2.45, 2.75) is 45.6 Å². The number of hydrogen-bond donors (Lipinski definition) is 2. The fourth-order valence-corrected chi connectivity index (χ4v) is 1.82. The van der Waals surface area contributed by atoms with Crippen molar-refractivity contribution in [2.75, 3.05) is 19.8 Å². The predicted octanol–water partition coefficient (Wildman–Crippen LogP) is 1.54. The summed E-state index contributed by atoms with van der Waals surface area (Å²) in [6.07, 6.45) is -1.66. The quantitative estimate of drug-likeness (QED) is 0.622. The number of halogens is 2. The number of amides is 1. The zero-order chi connectivity index (χ0) is 14.2. The lowest BCUT2D eigenvalue weighted by atomic mass is 9.90. The van der Waals surface area contributed by atoms with Gasteiger partial charge in [0.1, 0.15) is 6.61 Å². The van der Waals surface area contributed by atoms with E-state index in [1.54, 1.807) is 0 Å². The van der Waals surface area contributed by atoms with E-state index in [0.717, 1.165) is 6.42 Å². The van der Waals surface area contributed by atoms with E-state index in [1.165, 1.54) is 0 Å². The van der Waals surface area contributed by atoms with Gasteiger partial charge in [-0.05, 0) is 19.3 Å². The molecule has 108 valence electrons. The zero-order valence-electron chi connectivity index (χ0n) is 11.3. The molecule has 1 atom stereocenters. The van der Waals surface area contributed by atoms with Crippen molar-refractivity contribution in [1.29, 1.82) is 0 Å². The molecule has 1 unspecified atom stereocenters. The number of ether oxygens (including phenoxy) is 1. The summed E-state index contributed by atoms with van der Waals surface area (Å²) in [5.74, 6) is 0.187. The first-order valence-electron chi connectivity index (χ1n) is 6.16. The molecule has 0 fully saturated rings. The topological polar surface area (TPSA) is 64.3 Å². The molecule has 0 spiro atoms. The Morgan fingerprint density at radius 1 is 1.44 bits per heavy atom. The molecule has 0 aliphatic carbocycles. The SMILES string of the molecule is CC(C)CC(C)(CN)NC(=O)CCOCC(F)F. The lowest BCUT2D eigenvalue weighted by Gasteiger charge is -2.31. The molecule has 0 radical (unpaired) electrons. The maximum Gasteiger partial charge on any atom is 0.261 e. The van der Waals surface area contributed by atoms with Gasteiger partial charge in [0, 0.05) is 18.5 Å². The molecule has 0 aromatic carbocycles. The van der Waals surface area contributed by atoms with Crippen LogP contribution < -0.4 is 11.1 Å². The minimum atomic E-state index is -2.50. The van der Waals surface area contributed by atoms with Crippen molar-refractivity contribution < 1.29 is 18.3 Å². The van der Waals surface area contributed by atoms with Crippen LogP contribution in [0.1, 0.15) is 33.6 Å². The van der Waals surface area contributed by atoms with Crippen LogP contribution in [0.15, 0.2) is 0 Å². The molecule has 6 heteroatoms. The van der Waals surface area contributed by atoms with E-state index in [2.05, 4.69) is 10.1 Å². The summed E-state index contributed by atoms with van der Waals surface area (Å²) in [6, 6.07) is 0. The molecule has 0 aromatic heterocycles. The van der Waals surface area contributed by atoms with Gasteiger partial charge in [-0.3, -0.25) is 4.79 Å². The summed E-state index contributed by atoms with van der Waals surface area (Å²) in [4.78, 5) is 11.6. The number of alkyl halides is 2. The third kappa shape index (κ3) is 8.36. The zero-order valence-corrected chi connectivity index (χ0v) is 11.3. The summed E-state index contributed by atoms with van der Waals surface area (Å²) in [5.41, 5.74) is 5.20. The van der Waals surface area contributed by atoms with Crippen molar-refractivity contribution in [2.24, 2.45) is 11.7 Å². The molecular weight excluding hydrogens is 242 g/mol. The van der Waals surface area contributed by atoms with Crippen LogP contribution in [0.4, 0.5) is 8.78 Å². The minimum absolute atomic E-state index is 0.00148. The number of nitrogens with two attached hydrogens (primary N) is 1. The Balaban J connectivity index is 3.96. The smallest absolute Gasteiger partial charge is 0.261 e. The second-order valence-electron chi connectivity index (χ2n) is 5.13. The van der Waals surface area contributed by atoms with E-state index >= 15 is 0 Å². The lowest BCUT2D eigenvalue weighted by Crippen LogP contribution is -2.52. The normalized spacial score (nSPS) is 14.9. The molecule has 0 aliphatic rings. The van der Waals surface area contributed by atoms with E-state index in [0.29, 0.717) is 12.5 Å². The lowest BCUT2D eigenvalue weighted by molar-refractivity contribution is -0.124. The first-order chi connectivity index (χ1) is 8.29. The molecule has 3 N–H and O–H groups in total. The van der Waals surface area contributed by atoms with Crippen LogP contribution in [0.3, 0.4) is 0 Å². The Bertz CT molecular complexity index is 250. The van der Waals surface area contributed by atoms with E-state index in [9.17, 15) is 13.6 Å². The third-order valence-electron chi connectivity index (χ3n) is 2.47. The van der Waals surface area contributed by atoms with Crippen LogP contribution in [0.2, 0.25) is 0 Å². The van der Waals surface area contributed by atoms with Gasteiger partial charge in [0.05, 0.1) is 6.61 Å². The third-order valence-corrected chi connectivity index (χ3v) is 2.47. The maximum absolute atomic E-state index is 11.8. The van der Waals surface area contributed by atoms with Crippen LogP contribution in [0, 0.1) is 5.92 Å². The van der Waals surface area contributed by atoms with E-state index < -0.39 is 18.6 Å². The van der Waals surface area contributed by atoms with Crippen molar-refractivity contribution in [3.05, 3.63) is 0 Å². The molecule has 0 bridgehead atoms. The molecule has 1 amide bonds. The van der Waals surface area contributed by atoms with Crippen LogP contribution >= 0.6 is 0 Å². The molecule has 0 aromatic rings. The first kappa shape index (κ1) is 17.2. The Hall–Kier alpha value is -0.750. The molecule has 0 saturated carbocycles. The van der Waals surface area contributed by atoms with Crippen molar-refractivity contribution in [3.63, 3.8) is 0 Å². The summed E-state index contributed by atoms with van der Waals surface area (Å²) in [7, 11) is 0. The van der Waals surface area contributed by atoms with Crippen LogP contribution in [0.5, 0.6) is 0 Å². The Morgan fingerprint density at radius 2 is 2.06 bits per heavy atom. The molecule has 0 saturated heterocycles. The second kappa shape index (κ2) is 8.37. The minimum Gasteiger partial charge on any atom is -0.375 e. The Labute approximate surface area is 107 Å². The fourth-order valence-electron chi connectivity index (χ4n) is 1.82. The molecule has 18 heavy (non-hydrogen) atoms. The maximum atomic E-state index is 11.8. The molecule has 4 nitrogen and oxygen atoms in total. The van der Waals surface area contributed by atoms with Gasteiger partial charge in [-0.25, -0.2) is 8.78 Å². The Morgan fingerprint density at radius 3 is 2.50 bits per heavy atom. The van der Waals surface area contributed by atoms with Gasteiger partial charge in [-0.15, -0.1) is 0 Å². The standard InChI is InChI=1S/C12H24F2N2O2/c1-9(2)6-12(3,8-15)16-11(17)4-5-18-7-10(13)14/h9-10H,4-8,15H2,1-3H3,(H,16,17). The summed E-state index contributed by atoms with van der Waals surface area (Å²) in [5, 5.41) is 2.83. The summed E-state index contributed by atoms with van der Waals surface area (Å²) in [6.45, 7) is 5.68. The highest BCUT2D eigenvalue weighted by atomic mass is 19.3. The van der Waals surface area contributed by atoms with Gasteiger partial charge in [0.2, 0.25) is 5.91 Å². The molecule has 0 rings (SSSR count). The van der Waals surface area contributed by atoms with Crippen LogP contribution in [-0.4, -0.2) is 37.6 Å². The molecule has 0 heterocycles. The van der Waals surface area contributed by atoms with Gasteiger partial charge in [-0.1, -0.05) is 13.8 Å². The number of nitrogens with one attached hydrogen (secondary N) is 1. The Kier molecular flexibility index (Phi) is 8.02. The number of hydrogen-bond acceptors (Lipinski definition) is 3. The number of rotatable bonds is 9. The van der Waals surface area contributed by atoms with Crippen molar-refractivity contribution >= 4 is 5.91 Å². The van der Waals surface area contributed by atoms with Gasteiger partial charge in [-0.2, -0.15) is 0 Å². The predicted molar refractivity (Wildman–Crippen MR) is 66.5 cm³/mol. The van der Waals surface area contributed by atoms with Crippen LogP contribution in [-0.2, 0) is 9.53 Å². The average Bonchev–Trinajstić information content (AvgIpc) is 2.23. The highest BCUT2D eigenvalue weighted by Crippen LogP contribution is 2.15. The monoisotopic (exact) mass is 266 g/mol. The molecular formula is C12H24F2N2O2. The van der Waals surface area contributed by atoms with Crippen molar-refractivity contribution in [3.8, 4) is 0 Å². The van der Waals surface area contributed by atoms with Gasteiger partial charge in [0.25, 0.3) is 6.43 Å². The van der Waals surface area contributed by atoms with Gasteiger partial charge in [0.15, 0.2) is 0 Å². The first-order valence-corrected chi connectivity index (χ1v) is 6.16. The van der Waals surface area contributed by atoms with E-state index in [-0.39, 0.29) is 18.9 Å². The summed E-state index contributed by atoms with van der Waals surface area (Å²) >= 11 is 0. The van der Waals surface area contributed by atoms with E-state index in [4.69, 9.17) is 5.73 Å². The average molecular weight is 266 g/mol. The fraction of sp³-hybridized carbons (Fsp3) is 0.917. The second-order valence-corrected chi connectivity index (χ2v) is 5.13. The van der Waals surface area contributed by atoms with Gasteiger partial charge >= 0.3 is 0 Å². The highest BCUT2D eigenvalue weighted by molar-refractivity contribution is 5.76. The molecule has 0 aliphatic heterocycles. The largest absolute Gasteiger partial charge is 0.375 e. The van der Waals surface area contributed by atoms with Crippen LogP contribution in [0.25, 0.3) is 0 Å². The highest BCUT2D eigenvalue weighted by Gasteiger charge is 2.25. The number of carbonyl (C=O) groups excluding carboxylic acids is 1. The van der Waals surface area contributed by atoms with Crippen molar-refractivity contribution in [1.82, 2.24) is 5.32 Å². The van der Waals surface area contributed by atoms with E-state index in [1.807, 2.05) is 20.8 Å². The summed E-state index contributed by atoms with van der Waals surface area (Å²) < 4.78 is 28.2. The number of carbonyl (C=O) groups is 1.